The van der Waals surface area contributed by atoms with Crippen LogP contribution in [-0.2, 0) is 17.7 Å². The van der Waals surface area contributed by atoms with Crippen LogP contribution in [0.25, 0.3) is 0 Å². The minimum atomic E-state index is 0.244. The molecule has 6 heteroatoms. The van der Waals surface area contributed by atoms with Gasteiger partial charge in [-0.2, -0.15) is 0 Å². The second-order valence-corrected chi connectivity index (χ2v) is 8.13. The van der Waals surface area contributed by atoms with E-state index in [2.05, 4.69) is 70.3 Å². The number of rotatable bonds is 6. The molecule has 0 amide bonds. The maximum absolute atomic E-state index is 6.14. The molecule has 30 heavy (non-hydrogen) atoms. The number of hydrogen-bond donors (Lipinski definition) is 1. The lowest BCUT2D eigenvalue weighted by molar-refractivity contribution is -0.0502. The first-order chi connectivity index (χ1) is 14.7. The maximum Gasteiger partial charge on any atom is 0.194 e. The highest BCUT2D eigenvalue weighted by atomic mass is 16.5. The molecule has 160 valence electrons. The summed E-state index contributed by atoms with van der Waals surface area (Å²) in [4.78, 5) is 14.1. The zero-order valence-corrected chi connectivity index (χ0v) is 18.1. The number of nitrogens with one attached hydrogen (secondary N) is 1. The predicted octanol–water partition coefficient (Wildman–Crippen LogP) is 2.48. The molecular weight excluding hydrogens is 374 g/mol. The lowest BCUT2D eigenvalue weighted by atomic mass is 10.1. The van der Waals surface area contributed by atoms with E-state index in [4.69, 9.17) is 9.73 Å². The van der Waals surface area contributed by atoms with Crippen molar-refractivity contribution in [3.8, 4) is 0 Å². The summed E-state index contributed by atoms with van der Waals surface area (Å²) in [5.41, 5.74) is 3.91. The Morgan fingerprint density at radius 1 is 1.23 bits per heavy atom. The molecule has 0 radical (unpaired) electrons. The van der Waals surface area contributed by atoms with Gasteiger partial charge in [-0.05, 0) is 43.0 Å². The van der Waals surface area contributed by atoms with Gasteiger partial charge in [-0.3, -0.25) is 14.9 Å². The molecule has 2 aliphatic rings. The van der Waals surface area contributed by atoms with Crippen LogP contribution >= 0.6 is 0 Å². The van der Waals surface area contributed by atoms with E-state index in [1.54, 1.807) is 0 Å². The van der Waals surface area contributed by atoms with E-state index in [1.165, 1.54) is 16.7 Å². The molecule has 1 N–H and O–H groups in total. The highest BCUT2D eigenvalue weighted by Gasteiger charge is 2.41. The first-order valence-electron chi connectivity index (χ1n) is 11.1. The lowest BCUT2D eigenvalue weighted by Gasteiger charge is -2.36. The normalized spacial score (nSPS) is 22.2. The Morgan fingerprint density at radius 3 is 2.90 bits per heavy atom. The highest BCUT2D eigenvalue weighted by molar-refractivity contribution is 5.80. The van der Waals surface area contributed by atoms with Crippen molar-refractivity contribution in [2.45, 2.75) is 39.0 Å². The predicted molar refractivity (Wildman–Crippen MR) is 121 cm³/mol. The van der Waals surface area contributed by atoms with Crippen LogP contribution in [0.1, 0.15) is 23.6 Å². The summed E-state index contributed by atoms with van der Waals surface area (Å²) in [7, 11) is 0. The molecule has 2 fully saturated rings. The fourth-order valence-corrected chi connectivity index (χ4v) is 4.44. The topological polar surface area (TPSA) is 53.0 Å². The van der Waals surface area contributed by atoms with E-state index in [0.29, 0.717) is 6.04 Å². The van der Waals surface area contributed by atoms with Gasteiger partial charge in [0.15, 0.2) is 5.96 Å². The Balaban J connectivity index is 1.41. The summed E-state index contributed by atoms with van der Waals surface area (Å²) < 4.78 is 6.14. The van der Waals surface area contributed by atoms with E-state index in [-0.39, 0.29) is 6.10 Å². The zero-order chi connectivity index (χ0) is 20.8. The van der Waals surface area contributed by atoms with Gasteiger partial charge in [-0.15, -0.1) is 0 Å². The van der Waals surface area contributed by atoms with Crippen LogP contribution < -0.4 is 5.32 Å². The van der Waals surface area contributed by atoms with Crippen LogP contribution in [0.3, 0.4) is 0 Å². The van der Waals surface area contributed by atoms with Gasteiger partial charge in [0.25, 0.3) is 0 Å². The molecule has 6 nitrogen and oxygen atoms in total. The number of benzene rings is 1. The zero-order valence-electron chi connectivity index (χ0n) is 18.1. The summed E-state index contributed by atoms with van der Waals surface area (Å²) >= 11 is 0. The van der Waals surface area contributed by atoms with Crippen molar-refractivity contribution in [3.05, 3.63) is 65.5 Å². The van der Waals surface area contributed by atoms with Crippen molar-refractivity contribution in [1.29, 1.82) is 0 Å². The Labute approximate surface area is 180 Å². The number of ether oxygens (including phenoxy) is 1. The Hall–Kier alpha value is -2.44. The molecular formula is C24H33N5O. The Bertz CT molecular complexity index is 840. The minimum Gasteiger partial charge on any atom is -0.373 e. The third-order valence-corrected chi connectivity index (χ3v) is 6.06. The summed E-state index contributed by atoms with van der Waals surface area (Å²) in [5, 5.41) is 3.49. The van der Waals surface area contributed by atoms with Crippen molar-refractivity contribution in [1.82, 2.24) is 20.1 Å². The third-order valence-electron chi connectivity index (χ3n) is 6.06. The molecule has 2 atom stereocenters. The van der Waals surface area contributed by atoms with Gasteiger partial charge in [0.1, 0.15) is 0 Å². The molecule has 2 aromatic rings. The number of nitrogens with zero attached hydrogens (tertiary/aromatic N) is 4. The number of pyridine rings is 1. The van der Waals surface area contributed by atoms with Gasteiger partial charge in [0.05, 0.1) is 18.8 Å². The molecule has 2 saturated heterocycles. The number of aromatic nitrogens is 1. The van der Waals surface area contributed by atoms with Crippen LogP contribution in [0.5, 0.6) is 0 Å². The minimum absolute atomic E-state index is 0.244. The molecule has 1 aromatic heterocycles. The molecule has 4 rings (SSSR count). The van der Waals surface area contributed by atoms with Gasteiger partial charge in [-0.1, -0.05) is 30.3 Å². The van der Waals surface area contributed by atoms with Crippen molar-refractivity contribution in [3.63, 3.8) is 0 Å². The van der Waals surface area contributed by atoms with E-state index in [9.17, 15) is 0 Å². The van der Waals surface area contributed by atoms with Crippen molar-refractivity contribution < 1.29 is 4.74 Å². The molecule has 2 unspecified atom stereocenters. The van der Waals surface area contributed by atoms with E-state index in [0.717, 1.165) is 58.3 Å². The molecule has 0 aliphatic carbocycles. The number of hydrogen-bond acceptors (Lipinski definition) is 4. The van der Waals surface area contributed by atoms with Gasteiger partial charge in [0, 0.05) is 51.7 Å². The number of aryl methyl sites for hydroxylation is 1. The Morgan fingerprint density at radius 2 is 2.10 bits per heavy atom. The number of likely N-dealkylation sites (tertiary alicyclic amines) is 1. The lowest BCUT2D eigenvalue weighted by Crippen LogP contribution is -2.50. The van der Waals surface area contributed by atoms with Crippen LogP contribution in [0.4, 0.5) is 0 Å². The monoisotopic (exact) mass is 407 g/mol. The second kappa shape index (κ2) is 10.0. The summed E-state index contributed by atoms with van der Waals surface area (Å²) in [6, 6.07) is 13.2. The number of aliphatic imine (C=N–C) groups is 1. The molecule has 0 bridgehead atoms. The highest BCUT2D eigenvalue weighted by Crippen LogP contribution is 2.24. The van der Waals surface area contributed by atoms with Gasteiger partial charge in [-0.25, -0.2) is 0 Å². The van der Waals surface area contributed by atoms with E-state index < -0.39 is 0 Å². The number of fused-ring (bicyclic) bond motifs is 1. The quantitative estimate of drug-likeness (QED) is 0.589. The van der Waals surface area contributed by atoms with Crippen molar-refractivity contribution in [2.24, 2.45) is 4.99 Å². The number of morpholine rings is 1. The third kappa shape index (κ3) is 4.99. The first-order valence-corrected chi connectivity index (χ1v) is 11.1. The average molecular weight is 408 g/mol. The van der Waals surface area contributed by atoms with Gasteiger partial charge >= 0.3 is 0 Å². The van der Waals surface area contributed by atoms with Crippen LogP contribution in [-0.4, -0.2) is 72.2 Å². The van der Waals surface area contributed by atoms with Gasteiger partial charge in [0.2, 0.25) is 0 Å². The summed E-state index contributed by atoms with van der Waals surface area (Å²) in [6.45, 7) is 10.5. The SMILES string of the molecule is CCNC(=NCCc1ccncc1C)N1CC2OCCN(Cc3ccccc3)C2C1. The Kier molecular flexibility index (Phi) is 6.97. The van der Waals surface area contributed by atoms with Crippen molar-refractivity contribution >= 4 is 5.96 Å². The summed E-state index contributed by atoms with van der Waals surface area (Å²) in [5.74, 6) is 1.00. The van der Waals surface area contributed by atoms with Crippen LogP contribution in [0.2, 0.25) is 0 Å². The molecule has 2 aliphatic heterocycles. The average Bonchev–Trinajstić information content (AvgIpc) is 3.20. The number of guanidine groups is 1. The largest absolute Gasteiger partial charge is 0.373 e. The fourth-order valence-electron chi connectivity index (χ4n) is 4.44. The fraction of sp³-hybridized carbons (Fsp3) is 0.500. The maximum atomic E-state index is 6.14. The molecule has 0 spiro atoms. The van der Waals surface area contributed by atoms with E-state index in [1.807, 2.05) is 12.4 Å². The second-order valence-electron chi connectivity index (χ2n) is 8.13. The first kappa shape index (κ1) is 20.8. The summed E-state index contributed by atoms with van der Waals surface area (Å²) in [6.07, 6.45) is 4.96. The molecule has 3 heterocycles. The van der Waals surface area contributed by atoms with Crippen LogP contribution in [0, 0.1) is 6.92 Å². The van der Waals surface area contributed by atoms with Crippen molar-refractivity contribution in [2.75, 3.05) is 39.3 Å². The standard InChI is InChI=1S/C24H33N5O/c1-3-26-24(27-12-10-21-9-11-25-15-19(21)2)29-17-22-23(18-29)30-14-13-28(22)16-20-7-5-4-6-8-20/h4-9,11,15,22-23H,3,10,12-14,16-18H2,1-2H3,(H,26,27). The molecule has 1 aromatic carbocycles. The smallest absolute Gasteiger partial charge is 0.194 e. The van der Waals surface area contributed by atoms with Crippen LogP contribution in [0.15, 0.2) is 53.8 Å². The van der Waals surface area contributed by atoms with Gasteiger partial charge < -0.3 is 15.0 Å². The molecule has 0 saturated carbocycles. The van der Waals surface area contributed by atoms with E-state index >= 15 is 0 Å².